The maximum Gasteiger partial charge on any atom is 0.173 e. The van der Waals surface area contributed by atoms with Crippen molar-refractivity contribution in [3.05, 3.63) is 41.9 Å². The summed E-state index contributed by atoms with van der Waals surface area (Å²) in [5, 5.41) is 0. The van der Waals surface area contributed by atoms with Crippen molar-refractivity contribution in [1.29, 1.82) is 0 Å². The Hall–Kier alpha value is -1.84. The summed E-state index contributed by atoms with van der Waals surface area (Å²) in [5.41, 5.74) is 0.649. The van der Waals surface area contributed by atoms with Gasteiger partial charge in [-0.2, -0.15) is 0 Å². The number of furan rings is 1. The second-order valence-corrected chi connectivity index (χ2v) is 4.03. The van der Waals surface area contributed by atoms with Crippen molar-refractivity contribution < 1.29 is 9.21 Å². The molecule has 0 radical (unpaired) electrons. The average molecular weight is 232 g/mol. The summed E-state index contributed by atoms with van der Waals surface area (Å²) in [7, 11) is 0. The standard InChI is InChI=1S/C13H16N2O2/c1-3-6-15-7-5-14-13(15)9-12(16)11-4-8-17-10(11)2/h4-5,7-8H,3,6,9H2,1-2H3. The predicted octanol–water partition coefficient (Wildman–Crippen LogP) is 2.62. The predicted molar refractivity (Wildman–Crippen MR) is 64.0 cm³/mol. The van der Waals surface area contributed by atoms with Crippen molar-refractivity contribution >= 4 is 5.78 Å². The largest absolute Gasteiger partial charge is 0.469 e. The van der Waals surface area contributed by atoms with Crippen molar-refractivity contribution in [3.63, 3.8) is 0 Å². The molecule has 0 bridgehead atoms. The number of carbonyl (C=O) groups is 1. The number of imidazole rings is 1. The number of rotatable bonds is 5. The van der Waals surface area contributed by atoms with Crippen LogP contribution in [-0.2, 0) is 13.0 Å². The summed E-state index contributed by atoms with van der Waals surface area (Å²) in [4.78, 5) is 16.3. The number of ketones is 1. The van der Waals surface area contributed by atoms with Gasteiger partial charge < -0.3 is 8.98 Å². The molecule has 2 heterocycles. The van der Waals surface area contributed by atoms with Crippen molar-refractivity contribution in [3.8, 4) is 0 Å². The molecule has 0 atom stereocenters. The van der Waals surface area contributed by atoms with E-state index in [1.165, 1.54) is 0 Å². The second kappa shape index (κ2) is 4.99. The molecule has 0 fully saturated rings. The fraction of sp³-hybridized carbons (Fsp3) is 0.385. The molecule has 17 heavy (non-hydrogen) atoms. The van der Waals surface area contributed by atoms with Crippen molar-refractivity contribution in [2.75, 3.05) is 0 Å². The van der Waals surface area contributed by atoms with Gasteiger partial charge >= 0.3 is 0 Å². The maximum atomic E-state index is 12.0. The Morgan fingerprint density at radius 2 is 2.35 bits per heavy atom. The van der Waals surface area contributed by atoms with Crippen LogP contribution >= 0.6 is 0 Å². The van der Waals surface area contributed by atoms with Gasteiger partial charge in [0.25, 0.3) is 0 Å². The van der Waals surface area contributed by atoms with Gasteiger partial charge in [-0.3, -0.25) is 4.79 Å². The Bertz CT molecular complexity index is 511. The van der Waals surface area contributed by atoms with E-state index in [-0.39, 0.29) is 5.78 Å². The number of nitrogens with zero attached hydrogens (tertiary/aromatic N) is 2. The van der Waals surface area contributed by atoms with Gasteiger partial charge in [-0.15, -0.1) is 0 Å². The molecule has 4 heteroatoms. The zero-order valence-corrected chi connectivity index (χ0v) is 10.1. The van der Waals surface area contributed by atoms with Gasteiger partial charge in [-0.1, -0.05) is 6.92 Å². The lowest BCUT2D eigenvalue weighted by atomic mass is 10.1. The summed E-state index contributed by atoms with van der Waals surface area (Å²) in [6.45, 7) is 4.80. The quantitative estimate of drug-likeness (QED) is 0.744. The minimum Gasteiger partial charge on any atom is -0.469 e. The fourth-order valence-corrected chi connectivity index (χ4v) is 1.86. The highest BCUT2D eigenvalue weighted by Crippen LogP contribution is 2.12. The van der Waals surface area contributed by atoms with E-state index in [1.807, 2.05) is 10.8 Å². The van der Waals surface area contributed by atoms with Gasteiger partial charge in [0, 0.05) is 18.9 Å². The third-order valence-corrected chi connectivity index (χ3v) is 2.74. The third kappa shape index (κ3) is 2.46. The summed E-state index contributed by atoms with van der Waals surface area (Å²) in [6.07, 6.45) is 6.55. The number of Topliss-reactive ketones (excluding diaryl/α,β-unsaturated/α-hetero) is 1. The Balaban J connectivity index is 2.13. The van der Waals surface area contributed by atoms with Crippen LogP contribution in [0.15, 0.2) is 29.1 Å². The molecule has 4 nitrogen and oxygen atoms in total. The Labute approximate surface area is 100 Å². The highest BCUT2D eigenvalue weighted by Gasteiger charge is 2.14. The van der Waals surface area contributed by atoms with Gasteiger partial charge in [0.2, 0.25) is 0 Å². The first-order valence-electron chi connectivity index (χ1n) is 5.79. The monoisotopic (exact) mass is 232 g/mol. The van der Waals surface area contributed by atoms with Crippen LogP contribution in [0.3, 0.4) is 0 Å². The normalized spacial score (nSPS) is 10.7. The molecule has 0 aliphatic carbocycles. The molecule has 0 aliphatic rings. The molecule has 0 N–H and O–H groups in total. The van der Waals surface area contributed by atoms with Gasteiger partial charge in [0.05, 0.1) is 18.2 Å². The molecule has 0 saturated heterocycles. The van der Waals surface area contributed by atoms with Gasteiger partial charge in [-0.25, -0.2) is 4.98 Å². The van der Waals surface area contributed by atoms with Crippen molar-refractivity contribution in [2.45, 2.75) is 33.2 Å². The van der Waals surface area contributed by atoms with Crippen LogP contribution in [0.2, 0.25) is 0 Å². The summed E-state index contributed by atoms with van der Waals surface area (Å²) >= 11 is 0. The summed E-state index contributed by atoms with van der Waals surface area (Å²) in [5.74, 6) is 1.54. The fourth-order valence-electron chi connectivity index (χ4n) is 1.86. The molecule has 0 amide bonds. The molecule has 0 aromatic carbocycles. The molecule has 0 spiro atoms. The minimum absolute atomic E-state index is 0.0554. The average Bonchev–Trinajstić information content (AvgIpc) is 2.89. The molecule has 90 valence electrons. The molecule has 0 unspecified atom stereocenters. The van der Waals surface area contributed by atoms with E-state index < -0.39 is 0 Å². The van der Waals surface area contributed by atoms with Gasteiger partial charge in [0.1, 0.15) is 11.6 Å². The number of aryl methyl sites for hydroxylation is 2. The van der Waals surface area contributed by atoms with Crippen LogP contribution in [0.1, 0.15) is 35.3 Å². The lowest BCUT2D eigenvalue weighted by Gasteiger charge is -2.05. The molecule has 2 rings (SSSR count). The van der Waals surface area contributed by atoms with Gasteiger partial charge in [-0.05, 0) is 19.4 Å². The zero-order valence-electron chi connectivity index (χ0n) is 10.1. The summed E-state index contributed by atoms with van der Waals surface area (Å²) in [6, 6.07) is 1.71. The van der Waals surface area contributed by atoms with E-state index in [9.17, 15) is 4.79 Å². The first kappa shape index (κ1) is 11.6. The lowest BCUT2D eigenvalue weighted by Crippen LogP contribution is -2.10. The van der Waals surface area contributed by atoms with E-state index in [1.54, 1.807) is 25.5 Å². The van der Waals surface area contributed by atoms with Crippen molar-refractivity contribution in [2.24, 2.45) is 0 Å². The van der Waals surface area contributed by atoms with Crippen LogP contribution in [-0.4, -0.2) is 15.3 Å². The molecule has 2 aromatic rings. The molecular weight excluding hydrogens is 216 g/mol. The smallest absolute Gasteiger partial charge is 0.173 e. The number of aromatic nitrogens is 2. The van der Waals surface area contributed by atoms with E-state index >= 15 is 0 Å². The number of hydrogen-bond donors (Lipinski definition) is 0. The highest BCUT2D eigenvalue weighted by atomic mass is 16.3. The first-order valence-corrected chi connectivity index (χ1v) is 5.79. The molecular formula is C13H16N2O2. The first-order chi connectivity index (χ1) is 8.22. The van der Waals surface area contributed by atoms with E-state index in [0.29, 0.717) is 17.7 Å². The van der Waals surface area contributed by atoms with Gasteiger partial charge in [0.15, 0.2) is 5.78 Å². The van der Waals surface area contributed by atoms with Crippen LogP contribution < -0.4 is 0 Å². The van der Waals surface area contributed by atoms with E-state index in [4.69, 9.17) is 4.42 Å². The van der Waals surface area contributed by atoms with E-state index in [0.717, 1.165) is 18.8 Å². The van der Waals surface area contributed by atoms with E-state index in [2.05, 4.69) is 11.9 Å². The van der Waals surface area contributed by atoms with Crippen LogP contribution in [0.4, 0.5) is 0 Å². The number of hydrogen-bond acceptors (Lipinski definition) is 3. The SMILES string of the molecule is CCCn1ccnc1CC(=O)c1ccoc1C. The Morgan fingerprint density at radius 3 is 3.00 bits per heavy atom. The zero-order chi connectivity index (χ0) is 12.3. The highest BCUT2D eigenvalue weighted by molar-refractivity contribution is 5.97. The van der Waals surface area contributed by atoms with Crippen LogP contribution in [0, 0.1) is 6.92 Å². The maximum absolute atomic E-state index is 12.0. The minimum atomic E-state index is 0.0554. The third-order valence-electron chi connectivity index (χ3n) is 2.74. The topological polar surface area (TPSA) is 48.0 Å². The lowest BCUT2D eigenvalue weighted by molar-refractivity contribution is 0.0988. The second-order valence-electron chi connectivity index (χ2n) is 4.03. The van der Waals surface area contributed by atoms with Crippen LogP contribution in [0.5, 0.6) is 0 Å². The molecule has 0 saturated carbocycles. The Morgan fingerprint density at radius 1 is 1.53 bits per heavy atom. The molecule has 2 aromatic heterocycles. The molecule has 0 aliphatic heterocycles. The van der Waals surface area contributed by atoms with Crippen LogP contribution in [0.25, 0.3) is 0 Å². The Kier molecular flexibility index (Phi) is 3.42. The number of carbonyl (C=O) groups excluding carboxylic acids is 1. The summed E-state index contributed by atoms with van der Waals surface area (Å²) < 4.78 is 7.16. The van der Waals surface area contributed by atoms with Crippen molar-refractivity contribution in [1.82, 2.24) is 9.55 Å².